The van der Waals surface area contributed by atoms with Crippen LogP contribution in [0.25, 0.3) is 0 Å². The number of halogens is 1. The van der Waals surface area contributed by atoms with Crippen LogP contribution in [0.4, 0.5) is 9.18 Å². The molecule has 116 valence electrons. The molecule has 1 amide bonds. The van der Waals surface area contributed by atoms with E-state index in [2.05, 4.69) is 0 Å². The lowest BCUT2D eigenvalue weighted by Crippen LogP contribution is -2.65. The fraction of sp³-hybridized carbons (Fsp3) is 0.933. The number of hydrogen-bond donors (Lipinski definition) is 1. The summed E-state index contributed by atoms with van der Waals surface area (Å²) in [6.07, 6.45) is 2.38. The van der Waals surface area contributed by atoms with Crippen LogP contribution in [0, 0.1) is 5.92 Å². The summed E-state index contributed by atoms with van der Waals surface area (Å²) in [7, 11) is 0. The Labute approximate surface area is 120 Å². The molecule has 0 aromatic carbocycles. The Balaban J connectivity index is 1.94. The number of amides is 1. The number of nitrogens with two attached hydrogens (primary N) is 1. The monoisotopic (exact) mass is 286 g/mol. The first-order valence-electron chi connectivity index (χ1n) is 7.47. The van der Waals surface area contributed by atoms with Crippen molar-refractivity contribution in [2.45, 2.75) is 70.2 Å². The van der Waals surface area contributed by atoms with Gasteiger partial charge in [0.1, 0.15) is 11.3 Å². The summed E-state index contributed by atoms with van der Waals surface area (Å²) in [5.74, 6) is 0.174. The van der Waals surface area contributed by atoms with Crippen LogP contribution in [0.3, 0.4) is 0 Å². The van der Waals surface area contributed by atoms with Gasteiger partial charge in [-0.25, -0.2) is 9.18 Å². The van der Waals surface area contributed by atoms with Crippen molar-refractivity contribution in [1.29, 1.82) is 0 Å². The molecular formula is C15H27FN2O2. The minimum atomic E-state index is -1.14. The summed E-state index contributed by atoms with van der Waals surface area (Å²) >= 11 is 0. The fourth-order valence-corrected chi connectivity index (χ4v) is 3.55. The van der Waals surface area contributed by atoms with Crippen LogP contribution in [0.5, 0.6) is 0 Å². The van der Waals surface area contributed by atoms with Crippen molar-refractivity contribution in [3.05, 3.63) is 0 Å². The summed E-state index contributed by atoms with van der Waals surface area (Å²) in [4.78, 5) is 13.8. The minimum Gasteiger partial charge on any atom is -0.444 e. The third-order valence-corrected chi connectivity index (χ3v) is 4.28. The maximum atomic E-state index is 13.7. The molecule has 2 aliphatic rings. The smallest absolute Gasteiger partial charge is 0.410 e. The molecule has 2 fully saturated rings. The van der Waals surface area contributed by atoms with Crippen LogP contribution in [-0.4, -0.2) is 40.9 Å². The summed E-state index contributed by atoms with van der Waals surface area (Å²) in [6.45, 7) is 8.47. The molecule has 0 aromatic rings. The number of carbonyl (C=O) groups is 1. The topological polar surface area (TPSA) is 55.6 Å². The van der Waals surface area contributed by atoms with Gasteiger partial charge in [0, 0.05) is 18.6 Å². The molecule has 20 heavy (non-hydrogen) atoms. The molecule has 1 atom stereocenters. The molecule has 1 saturated heterocycles. The van der Waals surface area contributed by atoms with Gasteiger partial charge in [0.15, 0.2) is 0 Å². The van der Waals surface area contributed by atoms with Crippen LogP contribution in [0.15, 0.2) is 0 Å². The van der Waals surface area contributed by atoms with E-state index in [1.54, 1.807) is 11.8 Å². The minimum absolute atomic E-state index is 0.174. The molecule has 0 spiro atoms. The second-order valence-electron chi connectivity index (χ2n) is 7.77. The molecule has 1 unspecified atom stereocenters. The molecule has 1 heterocycles. The second-order valence-corrected chi connectivity index (χ2v) is 7.77. The first kappa shape index (κ1) is 15.5. The first-order chi connectivity index (χ1) is 9.01. The summed E-state index contributed by atoms with van der Waals surface area (Å²) < 4.78 is 19.2. The maximum Gasteiger partial charge on any atom is 0.410 e. The van der Waals surface area contributed by atoms with Gasteiger partial charge in [-0.2, -0.15) is 0 Å². The highest BCUT2D eigenvalue weighted by Crippen LogP contribution is 2.48. The molecule has 0 radical (unpaired) electrons. The summed E-state index contributed by atoms with van der Waals surface area (Å²) in [5, 5.41) is 0. The molecule has 0 aromatic heterocycles. The number of alkyl halides is 1. The van der Waals surface area contributed by atoms with Gasteiger partial charge in [0.2, 0.25) is 0 Å². The number of nitrogens with zero attached hydrogens (tertiary/aromatic N) is 1. The Morgan fingerprint density at radius 3 is 2.50 bits per heavy atom. The Morgan fingerprint density at radius 2 is 2.00 bits per heavy atom. The van der Waals surface area contributed by atoms with E-state index in [0.717, 1.165) is 12.8 Å². The molecular weight excluding hydrogens is 259 g/mol. The highest BCUT2D eigenvalue weighted by atomic mass is 19.1. The van der Waals surface area contributed by atoms with Gasteiger partial charge in [-0.1, -0.05) is 0 Å². The van der Waals surface area contributed by atoms with Crippen LogP contribution in [-0.2, 0) is 4.74 Å². The standard InChI is InChI=1S/C15H27FN2O2/c1-13(2,3)20-12(19)18-7-5-6-11(8-18)15(17)9-14(4,16)10-15/h11H,5-10,17H2,1-4H3. The summed E-state index contributed by atoms with van der Waals surface area (Å²) in [5.41, 5.74) is 4.25. The lowest BCUT2D eigenvalue weighted by atomic mass is 9.60. The van der Waals surface area contributed by atoms with Crippen molar-refractivity contribution in [2.75, 3.05) is 13.1 Å². The highest BCUT2D eigenvalue weighted by Gasteiger charge is 2.54. The molecule has 4 nitrogen and oxygen atoms in total. The van der Waals surface area contributed by atoms with Gasteiger partial charge in [-0.3, -0.25) is 0 Å². The third-order valence-electron chi connectivity index (χ3n) is 4.28. The molecule has 0 bridgehead atoms. The van der Waals surface area contributed by atoms with E-state index in [1.807, 2.05) is 20.8 Å². The lowest BCUT2D eigenvalue weighted by Gasteiger charge is -2.54. The quantitative estimate of drug-likeness (QED) is 0.806. The highest BCUT2D eigenvalue weighted by molar-refractivity contribution is 5.68. The normalized spacial score (nSPS) is 38.3. The molecule has 1 aliphatic heterocycles. The van der Waals surface area contributed by atoms with E-state index in [-0.39, 0.29) is 12.0 Å². The predicted octanol–water partition coefficient (Wildman–Crippen LogP) is 2.85. The number of carbonyl (C=O) groups excluding carboxylic acids is 1. The van der Waals surface area contributed by atoms with Crippen molar-refractivity contribution < 1.29 is 13.9 Å². The molecule has 1 saturated carbocycles. The molecule has 5 heteroatoms. The number of piperidine rings is 1. The van der Waals surface area contributed by atoms with Crippen molar-refractivity contribution in [2.24, 2.45) is 11.7 Å². The van der Waals surface area contributed by atoms with Gasteiger partial charge < -0.3 is 15.4 Å². The van der Waals surface area contributed by atoms with Crippen molar-refractivity contribution in [3.8, 4) is 0 Å². The predicted molar refractivity (Wildman–Crippen MR) is 76.2 cm³/mol. The number of hydrogen-bond acceptors (Lipinski definition) is 3. The Hall–Kier alpha value is -0.840. The van der Waals surface area contributed by atoms with E-state index in [9.17, 15) is 9.18 Å². The fourth-order valence-electron chi connectivity index (χ4n) is 3.55. The van der Waals surface area contributed by atoms with Gasteiger partial charge in [0.05, 0.1) is 0 Å². The van der Waals surface area contributed by atoms with Crippen molar-refractivity contribution in [1.82, 2.24) is 4.90 Å². The number of likely N-dealkylation sites (tertiary alicyclic amines) is 1. The SMILES string of the molecule is CC1(F)CC(N)(C2CCCN(C(=O)OC(C)(C)C)C2)C1. The van der Waals surface area contributed by atoms with Crippen LogP contribution in [0.2, 0.25) is 0 Å². The largest absolute Gasteiger partial charge is 0.444 e. The number of rotatable bonds is 1. The Morgan fingerprint density at radius 1 is 1.40 bits per heavy atom. The second kappa shape index (κ2) is 4.86. The zero-order valence-corrected chi connectivity index (χ0v) is 13.0. The summed E-state index contributed by atoms with van der Waals surface area (Å²) in [6, 6.07) is 0. The van der Waals surface area contributed by atoms with Crippen molar-refractivity contribution >= 4 is 6.09 Å². The van der Waals surface area contributed by atoms with Crippen LogP contribution >= 0.6 is 0 Å². The zero-order valence-electron chi connectivity index (χ0n) is 13.0. The van der Waals surface area contributed by atoms with E-state index >= 15 is 0 Å². The van der Waals surface area contributed by atoms with E-state index < -0.39 is 16.8 Å². The van der Waals surface area contributed by atoms with Gasteiger partial charge in [0.25, 0.3) is 0 Å². The Bertz CT molecular complexity index is 382. The first-order valence-corrected chi connectivity index (χ1v) is 7.47. The van der Waals surface area contributed by atoms with Gasteiger partial charge >= 0.3 is 6.09 Å². The van der Waals surface area contributed by atoms with Crippen LogP contribution in [0.1, 0.15) is 53.4 Å². The Kier molecular flexibility index (Phi) is 3.78. The van der Waals surface area contributed by atoms with E-state index in [4.69, 9.17) is 10.5 Å². The van der Waals surface area contributed by atoms with Gasteiger partial charge in [-0.05, 0) is 59.3 Å². The zero-order chi connectivity index (χ0) is 15.2. The van der Waals surface area contributed by atoms with Crippen LogP contribution < -0.4 is 5.73 Å². The lowest BCUT2D eigenvalue weighted by molar-refractivity contribution is -0.0495. The van der Waals surface area contributed by atoms with E-state index in [1.165, 1.54) is 0 Å². The third kappa shape index (κ3) is 3.43. The maximum absolute atomic E-state index is 13.7. The van der Waals surface area contributed by atoms with E-state index in [0.29, 0.717) is 25.9 Å². The van der Waals surface area contributed by atoms with Gasteiger partial charge in [-0.15, -0.1) is 0 Å². The number of ether oxygens (including phenoxy) is 1. The molecule has 1 aliphatic carbocycles. The molecule has 2 N–H and O–H groups in total. The van der Waals surface area contributed by atoms with Crippen molar-refractivity contribution in [3.63, 3.8) is 0 Å². The molecule has 2 rings (SSSR count). The average molecular weight is 286 g/mol. The average Bonchev–Trinajstić information content (AvgIpc) is 2.24.